The highest BCUT2D eigenvalue weighted by atomic mass is 32.1. The predicted octanol–water partition coefficient (Wildman–Crippen LogP) is 4.65. The van der Waals surface area contributed by atoms with Crippen LogP contribution in [0.1, 0.15) is 46.5 Å². The van der Waals surface area contributed by atoms with E-state index < -0.39 is 8.32 Å². The molecule has 2 aliphatic rings. The lowest BCUT2D eigenvalue weighted by Crippen LogP contribution is -2.68. The molecule has 29 heavy (non-hydrogen) atoms. The van der Waals surface area contributed by atoms with E-state index in [1.54, 1.807) is 0 Å². The molecule has 0 aromatic heterocycles. The Morgan fingerprint density at radius 2 is 1.48 bits per heavy atom. The lowest BCUT2D eigenvalue weighted by Gasteiger charge is -2.46. The molecule has 4 heteroatoms. The van der Waals surface area contributed by atoms with Gasteiger partial charge in [-0.05, 0) is 52.4 Å². The topological polar surface area (TPSA) is 35.2 Å². The van der Waals surface area contributed by atoms with Crippen molar-refractivity contribution in [1.82, 2.24) is 0 Å². The molecule has 154 valence electrons. The summed E-state index contributed by atoms with van der Waals surface area (Å²) in [5.74, 6) is 2.02. The number of hydrogen-bond donors (Lipinski definition) is 1. The van der Waals surface area contributed by atoms with E-state index in [0.29, 0.717) is 28.8 Å². The van der Waals surface area contributed by atoms with Gasteiger partial charge >= 0.3 is 0 Å². The summed E-state index contributed by atoms with van der Waals surface area (Å²) in [4.78, 5) is 0.673. The van der Waals surface area contributed by atoms with Crippen molar-refractivity contribution in [3.8, 4) is 0 Å². The normalized spacial score (nSPS) is 26.6. The van der Waals surface area contributed by atoms with Gasteiger partial charge in [0.15, 0.2) is 0 Å². The molecule has 2 bridgehead atoms. The fourth-order valence-corrected chi connectivity index (χ4v) is 10.9. The molecule has 2 N–H and O–H groups in total. The van der Waals surface area contributed by atoms with Gasteiger partial charge in [0.05, 0.1) is 4.99 Å². The SMILES string of the molecule is CC(C)(C)[Si](O[C@H]1C[C@H]2C[C@@H]1C[C@@H]2CC(N)=S)(c1ccccc1)c1ccccc1. The van der Waals surface area contributed by atoms with Gasteiger partial charge in [-0.1, -0.05) is 93.7 Å². The zero-order valence-corrected chi connectivity index (χ0v) is 19.6. The van der Waals surface area contributed by atoms with Crippen molar-refractivity contribution in [3.05, 3.63) is 60.7 Å². The third kappa shape index (κ3) is 3.83. The predicted molar refractivity (Wildman–Crippen MR) is 128 cm³/mol. The molecule has 0 unspecified atom stereocenters. The van der Waals surface area contributed by atoms with Crippen LogP contribution in [0.15, 0.2) is 60.7 Å². The highest BCUT2D eigenvalue weighted by Gasteiger charge is 2.55. The molecule has 4 atom stereocenters. The monoisotopic (exact) mass is 423 g/mol. The zero-order valence-electron chi connectivity index (χ0n) is 17.8. The molecular weight excluding hydrogens is 390 g/mol. The number of fused-ring (bicyclic) bond motifs is 2. The average Bonchev–Trinajstić information content (AvgIpc) is 3.26. The number of rotatable bonds is 6. The summed E-state index contributed by atoms with van der Waals surface area (Å²) in [5.41, 5.74) is 5.86. The Morgan fingerprint density at radius 1 is 0.931 bits per heavy atom. The highest BCUT2D eigenvalue weighted by molar-refractivity contribution is 7.80. The lowest BCUT2D eigenvalue weighted by molar-refractivity contribution is 0.109. The fourth-order valence-electron chi connectivity index (χ4n) is 5.91. The molecule has 4 rings (SSSR count). The van der Waals surface area contributed by atoms with Crippen molar-refractivity contribution >= 4 is 35.9 Å². The zero-order chi connectivity index (χ0) is 20.6. The quantitative estimate of drug-likeness (QED) is 0.542. The molecule has 2 nitrogen and oxygen atoms in total. The van der Waals surface area contributed by atoms with Crippen LogP contribution in [0.25, 0.3) is 0 Å². The van der Waals surface area contributed by atoms with E-state index in [0.717, 1.165) is 12.8 Å². The number of hydrogen-bond acceptors (Lipinski definition) is 2. The van der Waals surface area contributed by atoms with Gasteiger partial charge in [-0.25, -0.2) is 0 Å². The molecule has 2 fully saturated rings. The highest BCUT2D eigenvalue weighted by Crippen LogP contribution is 2.52. The van der Waals surface area contributed by atoms with E-state index in [9.17, 15) is 0 Å². The Balaban J connectivity index is 1.71. The van der Waals surface area contributed by atoms with Crippen LogP contribution in [0, 0.1) is 17.8 Å². The fraction of sp³-hybridized carbons (Fsp3) is 0.480. The summed E-state index contributed by atoms with van der Waals surface area (Å²) < 4.78 is 7.40. The van der Waals surface area contributed by atoms with E-state index in [4.69, 9.17) is 22.4 Å². The summed E-state index contributed by atoms with van der Waals surface area (Å²) in [7, 11) is -2.46. The van der Waals surface area contributed by atoms with Crippen molar-refractivity contribution in [2.24, 2.45) is 23.5 Å². The van der Waals surface area contributed by atoms with Crippen LogP contribution in [0.2, 0.25) is 5.04 Å². The van der Waals surface area contributed by atoms with E-state index in [1.165, 1.54) is 23.2 Å². The Morgan fingerprint density at radius 3 is 1.90 bits per heavy atom. The van der Waals surface area contributed by atoms with Crippen molar-refractivity contribution in [2.45, 2.75) is 57.6 Å². The first kappa shape index (κ1) is 20.8. The molecule has 0 heterocycles. The maximum atomic E-state index is 7.40. The van der Waals surface area contributed by atoms with Crippen molar-refractivity contribution in [2.75, 3.05) is 0 Å². The summed E-state index contributed by atoms with van der Waals surface area (Å²) in [6.45, 7) is 7.09. The molecule has 2 aromatic carbocycles. The lowest BCUT2D eigenvalue weighted by atomic mass is 9.85. The van der Waals surface area contributed by atoms with Crippen LogP contribution in [-0.4, -0.2) is 19.4 Å². The van der Waals surface area contributed by atoms with E-state index >= 15 is 0 Å². The molecule has 0 aliphatic heterocycles. The Kier molecular flexibility index (Phi) is 5.71. The van der Waals surface area contributed by atoms with Crippen LogP contribution in [0.5, 0.6) is 0 Å². The Hall–Kier alpha value is -1.49. The number of nitrogens with two attached hydrogens (primary N) is 1. The second-order valence-corrected chi connectivity index (χ2v) is 14.8. The van der Waals surface area contributed by atoms with Gasteiger partial charge in [0, 0.05) is 12.5 Å². The van der Waals surface area contributed by atoms with Gasteiger partial charge in [-0.3, -0.25) is 0 Å². The molecule has 2 aliphatic carbocycles. The summed E-state index contributed by atoms with van der Waals surface area (Å²) in [6, 6.07) is 22.0. The average molecular weight is 424 g/mol. The van der Waals surface area contributed by atoms with Crippen molar-refractivity contribution in [1.29, 1.82) is 0 Å². The number of thiocarbonyl (C=S) groups is 1. The second kappa shape index (κ2) is 7.97. The van der Waals surface area contributed by atoms with Crippen molar-refractivity contribution in [3.63, 3.8) is 0 Å². The van der Waals surface area contributed by atoms with Crippen LogP contribution in [0.3, 0.4) is 0 Å². The minimum absolute atomic E-state index is 0.0375. The third-order valence-electron chi connectivity index (χ3n) is 7.15. The summed E-state index contributed by atoms with van der Waals surface area (Å²) in [5, 5.41) is 2.79. The molecular formula is C25H33NOSSi. The molecule has 0 amide bonds. The van der Waals surface area contributed by atoms with E-state index in [1.807, 2.05) is 0 Å². The second-order valence-electron chi connectivity index (χ2n) is 9.98. The molecule has 0 spiro atoms. The summed E-state index contributed by atoms with van der Waals surface area (Å²) in [6.07, 6.45) is 4.89. The van der Waals surface area contributed by atoms with E-state index in [-0.39, 0.29) is 5.04 Å². The van der Waals surface area contributed by atoms with Gasteiger partial charge in [-0.2, -0.15) is 0 Å². The minimum Gasteiger partial charge on any atom is -0.404 e. The Bertz CT molecular complexity index is 809. The molecule has 0 saturated heterocycles. The van der Waals surface area contributed by atoms with Gasteiger partial charge in [0.1, 0.15) is 0 Å². The maximum absolute atomic E-state index is 7.40. The van der Waals surface area contributed by atoms with Gasteiger partial charge in [-0.15, -0.1) is 0 Å². The first-order chi connectivity index (χ1) is 13.8. The van der Waals surface area contributed by atoms with Gasteiger partial charge in [0.2, 0.25) is 0 Å². The van der Waals surface area contributed by atoms with Gasteiger partial charge in [0.25, 0.3) is 8.32 Å². The Labute approximate surface area is 182 Å². The van der Waals surface area contributed by atoms with Crippen LogP contribution in [0.4, 0.5) is 0 Å². The van der Waals surface area contributed by atoms with Gasteiger partial charge < -0.3 is 10.2 Å². The first-order valence-corrected chi connectivity index (χ1v) is 13.2. The smallest absolute Gasteiger partial charge is 0.261 e. The van der Waals surface area contributed by atoms with Crippen LogP contribution in [-0.2, 0) is 4.43 Å². The molecule has 2 aromatic rings. The van der Waals surface area contributed by atoms with Crippen LogP contribution >= 0.6 is 12.2 Å². The summed E-state index contributed by atoms with van der Waals surface area (Å²) >= 11 is 5.19. The standard InChI is InChI=1S/C25H33NOSSi/c1-25(2,3)29(21-10-6-4-7-11-21,22-12-8-5-9-13-22)27-23-16-18-14-20(23)15-19(18)17-24(26)28/h4-13,18-20,23H,14-17H2,1-3H3,(H2,26,28)/t18-,19-,20-,23+/m1/s1. The maximum Gasteiger partial charge on any atom is 0.261 e. The third-order valence-corrected chi connectivity index (χ3v) is 12.4. The molecule has 2 saturated carbocycles. The van der Waals surface area contributed by atoms with Crippen molar-refractivity contribution < 1.29 is 4.43 Å². The first-order valence-electron chi connectivity index (χ1n) is 10.9. The molecule has 0 radical (unpaired) electrons. The minimum atomic E-state index is -2.46. The number of benzene rings is 2. The largest absolute Gasteiger partial charge is 0.404 e. The van der Waals surface area contributed by atoms with Crippen LogP contribution < -0.4 is 16.1 Å². The van der Waals surface area contributed by atoms with E-state index in [2.05, 4.69) is 81.4 Å².